The first-order chi connectivity index (χ1) is 3.80. The van der Waals surface area contributed by atoms with Crippen molar-refractivity contribution in [2.45, 2.75) is 14.4 Å². The van der Waals surface area contributed by atoms with E-state index in [4.69, 9.17) is 4.42 Å². The maximum absolute atomic E-state index is 10.4. The van der Waals surface area contributed by atoms with Gasteiger partial charge in [0, 0.05) is 6.92 Å². The van der Waals surface area contributed by atoms with Crippen LogP contribution in [0.1, 0.15) is 24.9 Å². The van der Waals surface area contributed by atoms with Crippen LogP contribution in [0.25, 0.3) is 0 Å². The predicted octanol–water partition coefficient (Wildman–Crippen LogP) is 2.12. The van der Waals surface area contributed by atoms with Gasteiger partial charge in [-0.25, -0.2) is 0 Å². The summed E-state index contributed by atoms with van der Waals surface area (Å²) in [4.78, 5) is 10.4. The second-order valence-electron chi connectivity index (χ2n) is 1.53. The van der Waals surface area contributed by atoms with Gasteiger partial charge in [-0.2, -0.15) is 0 Å². The lowest BCUT2D eigenvalue weighted by molar-refractivity contribution is 0.0987. The van der Waals surface area contributed by atoms with Crippen molar-refractivity contribution in [2.75, 3.05) is 0 Å². The van der Waals surface area contributed by atoms with Crippen LogP contribution >= 0.6 is 0 Å². The number of hydrogen-bond acceptors (Lipinski definition) is 2. The van der Waals surface area contributed by atoms with Gasteiger partial charge in [0.15, 0.2) is 11.5 Å². The van der Waals surface area contributed by atoms with E-state index in [2.05, 4.69) is 0 Å². The first-order valence-electron chi connectivity index (χ1n) is 2.35. The Morgan fingerprint density at radius 3 is 2.56 bits per heavy atom. The Kier molecular flexibility index (Phi) is 2.71. The molecule has 0 aliphatic carbocycles. The minimum atomic E-state index is -0.0324. The van der Waals surface area contributed by atoms with Crippen LogP contribution < -0.4 is 0 Å². The lowest BCUT2D eigenvalue weighted by Gasteiger charge is -1.80. The number of rotatable bonds is 1. The number of Topliss-reactive ketones (excluding diaryl/α,β-unsaturated/α-hetero) is 1. The normalized spacial score (nSPS) is 8.11. The van der Waals surface area contributed by atoms with Crippen LogP contribution in [0.3, 0.4) is 0 Å². The molecule has 0 N–H and O–H groups in total. The monoisotopic (exact) mass is 126 g/mol. The number of carbonyl (C=O) groups is 1. The van der Waals surface area contributed by atoms with Crippen molar-refractivity contribution in [3.05, 3.63) is 24.2 Å². The summed E-state index contributed by atoms with van der Waals surface area (Å²) in [6.07, 6.45) is 1.48. The Morgan fingerprint density at radius 1 is 1.67 bits per heavy atom. The summed E-state index contributed by atoms with van der Waals surface area (Å²) < 4.78 is 4.75. The average Bonchev–Trinajstić information content (AvgIpc) is 2.12. The molecule has 0 amide bonds. The standard InChI is InChI=1S/C6H6O2.CH4/c1-5(7)6-3-2-4-8-6;/h2-4H,1H3;1H4. The summed E-state index contributed by atoms with van der Waals surface area (Å²) in [7, 11) is 0. The van der Waals surface area contributed by atoms with E-state index < -0.39 is 0 Å². The summed E-state index contributed by atoms with van der Waals surface area (Å²) in [5.41, 5.74) is 0. The van der Waals surface area contributed by atoms with Gasteiger partial charge in [-0.15, -0.1) is 0 Å². The molecule has 0 aliphatic rings. The van der Waals surface area contributed by atoms with Gasteiger partial charge in [0.05, 0.1) is 6.26 Å². The SMILES string of the molecule is C.CC(=O)c1ccco1. The summed E-state index contributed by atoms with van der Waals surface area (Å²) >= 11 is 0. The molecule has 0 saturated carbocycles. The highest BCUT2D eigenvalue weighted by Gasteiger charge is 1.97. The van der Waals surface area contributed by atoms with Crippen LogP contribution in [-0.2, 0) is 0 Å². The Hall–Kier alpha value is -1.05. The molecule has 0 radical (unpaired) electrons. The Labute approximate surface area is 54.5 Å². The maximum atomic E-state index is 10.4. The molecule has 0 fully saturated rings. The number of hydrogen-bond donors (Lipinski definition) is 0. The van der Waals surface area contributed by atoms with Crippen molar-refractivity contribution in [1.82, 2.24) is 0 Å². The number of carbonyl (C=O) groups excluding carboxylic acids is 1. The van der Waals surface area contributed by atoms with E-state index in [1.807, 2.05) is 0 Å². The second kappa shape index (κ2) is 3.07. The highest BCUT2D eigenvalue weighted by atomic mass is 16.3. The van der Waals surface area contributed by atoms with E-state index >= 15 is 0 Å². The smallest absolute Gasteiger partial charge is 0.194 e. The largest absolute Gasteiger partial charge is 0.461 e. The molecule has 9 heavy (non-hydrogen) atoms. The van der Waals surface area contributed by atoms with Gasteiger partial charge in [0.1, 0.15) is 0 Å². The minimum absolute atomic E-state index is 0. The highest BCUT2D eigenvalue weighted by Crippen LogP contribution is 1.98. The zero-order valence-electron chi connectivity index (χ0n) is 4.55. The van der Waals surface area contributed by atoms with Gasteiger partial charge >= 0.3 is 0 Å². The lowest BCUT2D eigenvalue weighted by Crippen LogP contribution is -1.85. The van der Waals surface area contributed by atoms with E-state index in [9.17, 15) is 4.79 Å². The van der Waals surface area contributed by atoms with Crippen LogP contribution in [0.4, 0.5) is 0 Å². The summed E-state index contributed by atoms with van der Waals surface area (Å²) in [5, 5.41) is 0. The minimum Gasteiger partial charge on any atom is -0.461 e. The lowest BCUT2D eigenvalue weighted by atomic mass is 10.3. The zero-order valence-corrected chi connectivity index (χ0v) is 4.55. The van der Waals surface area contributed by atoms with Gasteiger partial charge in [-0.3, -0.25) is 4.79 Å². The molecule has 0 aliphatic heterocycles. The topological polar surface area (TPSA) is 30.2 Å². The predicted molar refractivity (Wildman–Crippen MR) is 35.4 cm³/mol. The third-order valence-electron chi connectivity index (χ3n) is 0.868. The zero-order chi connectivity index (χ0) is 5.98. The Morgan fingerprint density at radius 2 is 2.33 bits per heavy atom. The molecule has 2 heteroatoms. The molecule has 0 bridgehead atoms. The molecule has 0 atom stereocenters. The van der Waals surface area contributed by atoms with Gasteiger partial charge in [0.25, 0.3) is 0 Å². The van der Waals surface area contributed by atoms with E-state index in [-0.39, 0.29) is 13.2 Å². The summed E-state index contributed by atoms with van der Waals surface area (Å²) in [6, 6.07) is 3.33. The molecule has 0 spiro atoms. The summed E-state index contributed by atoms with van der Waals surface area (Å²) in [6.45, 7) is 1.47. The third kappa shape index (κ3) is 1.72. The molecule has 0 unspecified atom stereocenters. The summed E-state index contributed by atoms with van der Waals surface area (Å²) in [5.74, 6) is 0.389. The molecule has 2 nitrogen and oxygen atoms in total. The average molecular weight is 126 g/mol. The molecule has 0 saturated heterocycles. The first kappa shape index (κ1) is 7.95. The second-order valence-corrected chi connectivity index (χ2v) is 1.53. The van der Waals surface area contributed by atoms with Crippen LogP contribution in [0.2, 0.25) is 0 Å². The fourth-order valence-corrected chi connectivity index (χ4v) is 0.479. The molecule has 50 valence electrons. The van der Waals surface area contributed by atoms with Gasteiger partial charge in [-0.05, 0) is 12.1 Å². The van der Waals surface area contributed by atoms with E-state index in [1.165, 1.54) is 13.2 Å². The van der Waals surface area contributed by atoms with Crippen LogP contribution in [0.5, 0.6) is 0 Å². The van der Waals surface area contributed by atoms with Crippen LogP contribution in [-0.4, -0.2) is 5.78 Å². The van der Waals surface area contributed by atoms with Gasteiger partial charge < -0.3 is 4.42 Å². The molecule has 1 aromatic rings. The maximum Gasteiger partial charge on any atom is 0.194 e. The van der Waals surface area contributed by atoms with Crippen molar-refractivity contribution in [2.24, 2.45) is 0 Å². The van der Waals surface area contributed by atoms with Crippen molar-refractivity contribution < 1.29 is 9.21 Å². The fraction of sp³-hybridized carbons (Fsp3) is 0.286. The van der Waals surface area contributed by atoms with E-state index in [0.717, 1.165) is 0 Å². The van der Waals surface area contributed by atoms with E-state index in [1.54, 1.807) is 12.1 Å². The van der Waals surface area contributed by atoms with Crippen molar-refractivity contribution in [3.63, 3.8) is 0 Å². The number of ketones is 1. The van der Waals surface area contributed by atoms with Gasteiger partial charge in [0.2, 0.25) is 0 Å². The third-order valence-corrected chi connectivity index (χ3v) is 0.868. The Bertz CT molecular complexity index is 175. The molecular weight excluding hydrogens is 116 g/mol. The fourth-order valence-electron chi connectivity index (χ4n) is 0.479. The highest BCUT2D eigenvalue weighted by molar-refractivity contribution is 5.91. The van der Waals surface area contributed by atoms with Crippen LogP contribution in [0.15, 0.2) is 22.8 Å². The molecule has 1 aromatic heterocycles. The molecule has 0 aromatic carbocycles. The Balaban J connectivity index is 0.000000640. The van der Waals surface area contributed by atoms with Crippen molar-refractivity contribution >= 4 is 5.78 Å². The van der Waals surface area contributed by atoms with Crippen molar-refractivity contribution in [3.8, 4) is 0 Å². The van der Waals surface area contributed by atoms with E-state index in [0.29, 0.717) is 5.76 Å². The first-order valence-corrected chi connectivity index (χ1v) is 2.35. The molecule has 1 heterocycles. The van der Waals surface area contributed by atoms with Crippen LogP contribution in [0, 0.1) is 0 Å². The van der Waals surface area contributed by atoms with Gasteiger partial charge in [-0.1, -0.05) is 7.43 Å². The number of furan rings is 1. The quantitative estimate of drug-likeness (QED) is 0.539. The molecule has 1 rings (SSSR count). The molecular formula is C7H10O2. The van der Waals surface area contributed by atoms with Crippen molar-refractivity contribution in [1.29, 1.82) is 0 Å².